The van der Waals surface area contributed by atoms with E-state index < -0.39 is 4.92 Å². The number of nitrogens with zero attached hydrogens (tertiary/aromatic N) is 1. The fourth-order valence-electron chi connectivity index (χ4n) is 2.20. The predicted octanol–water partition coefficient (Wildman–Crippen LogP) is 4.30. The summed E-state index contributed by atoms with van der Waals surface area (Å²) in [5.41, 5.74) is 2.28. The lowest BCUT2D eigenvalue weighted by Gasteiger charge is -2.15. The zero-order chi connectivity index (χ0) is 17.0. The number of amides is 1. The minimum atomic E-state index is -0.550. The lowest BCUT2D eigenvalue weighted by atomic mass is 10.0. The van der Waals surface area contributed by atoms with Crippen molar-refractivity contribution in [3.63, 3.8) is 0 Å². The van der Waals surface area contributed by atoms with Gasteiger partial charge in [0.05, 0.1) is 21.6 Å². The van der Waals surface area contributed by atoms with Gasteiger partial charge in [0, 0.05) is 12.1 Å². The summed E-state index contributed by atoms with van der Waals surface area (Å²) in [6.45, 7) is 3.95. The molecule has 0 unspecified atom stereocenters. The van der Waals surface area contributed by atoms with E-state index in [1.54, 1.807) is 0 Å². The van der Waals surface area contributed by atoms with Gasteiger partial charge in [0.25, 0.3) is 11.6 Å². The van der Waals surface area contributed by atoms with Gasteiger partial charge in [-0.3, -0.25) is 14.9 Å². The fourth-order valence-corrected chi connectivity index (χ4v) is 2.46. The van der Waals surface area contributed by atoms with Crippen LogP contribution in [-0.4, -0.2) is 10.8 Å². The molecule has 1 atom stereocenters. The molecule has 0 aliphatic rings. The second-order valence-corrected chi connectivity index (χ2v) is 5.62. The van der Waals surface area contributed by atoms with Crippen LogP contribution < -0.4 is 5.32 Å². The molecule has 0 fully saturated rings. The molecule has 0 spiro atoms. The van der Waals surface area contributed by atoms with Gasteiger partial charge in [0.2, 0.25) is 0 Å². The molecule has 0 aliphatic heterocycles. The summed E-state index contributed by atoms with van der Waals surface area (Å²) in [7, 11) is 0. The van der Waals surface area contributed by atoms with Crippen molar-refractivity contribution in [1.82, 2.24) is 5.32 Å². The first-order valence-corrected chi connectivity index (χ1v) is 7.63. The molecule has 1 N–H and O–H groups in total. The Balaban J connectivity index is 2.12. The van der Waals surface area contributed by atoms with Crippen LogP contribution in [0.5, 0.6) is 0 Å². The van der Waals surface area contributed by atoms with E-state index in [1.165, 1.54) is 23.8 Å². The summed E-state index contributed by atoms with van der Waals surface area (Å²) in [5.74, 6) is -0.364. The first-order valence-electron chi connectivity index (χ1n) is 7.26. The topological polar surface area (TPSA) is 72.2 Å². The smallest absolute Gasteiger partial charge is 0.270 e. The van der Waals surface area contributed by atoms with Crippen molar-refractivity contribution in [1.29, 1.82) is 0 Å². The van der Waals surface area contributed by atoms with Crippen molar-refractivity contribution >= 4 is 23.2 Å². The molecule has 120 valence electrons. The zero-order valence-corrected chi connectivity index (χ0v) is 13.6. The van der Waals surface area contributed by atoms with Crippen LogP contribution in [0.2, 0.25) is 5.02 Å². The van der Waals surface area contributed by atoms with E-state index >= 15 is 0 Å². The number of halogens is 1. The molecule has 6 heteroatoms. The molecule has 2 rings (SSSR count). The first-order chi connectivity index (χ1) is 10.9. The average Bonchev–Trinajstić information content (AvgIpc) is 2.54. The molecule has 1 amide bonds. The van der Waals surface area contributed by atoms with Crippen molar-refractivity contribution in [3.05, 3.63) is 74.3 Å². The maximum Gasteiger partial charge on any atom is 0.270 e. The number of aryl methyl sites for hydroxylation is 1. The molecular formula is C17H17ClN2O3. The molecule has 0 radical (unpaired) electrons. The van der Waals surface area contributed by atoms with Crippen LogP contribution in [0.3, 0.4) is 0 Å². The molecule has 0 aliphatic carbocycles. The average molecular weight is 333 g/mol. The molecule has 23 heavy (non-hydrogen) atoms. The van der Waals surface area contributed by atoms with Gasteiger partial charge in [-0.1, -0.05) is 42.8 Å². The largest absolute Gasteiger partial charge is 0.345 e. The number of nitro groups is 1. The standard InChI is InChI=1S/C17H17ClN2O3/c1-3-12-4-6-13(7-5-12)11(2)19-17(21)15-9-8-14(20(22)23)10-16(15)18/h4-11H,3H2,1-2H3,(H,19,21)/t11-/m1/s1. The molecular weight excluding hydrogens is 316 g/mol. The number of nitro benzene ring substituents is 1. The van der Waals surface area contributed by atoms with E-state index in [2.05, 4.69) is 12.2 Å². The van der Waals surface area contributed by atoms with E-state index in [0.29, 0.717) is 0 Å². The Kier molecular flexibility index (Phi) is 5.34. The monoisotopic (exact) mass is 332 g/mol. The molecule has 0 aromatic heterocycles. The van der Waals surface area contributed by atoms with Gasteiger partial charge in [-0.25, -0.2) is 0 Å². The lowest BCUT2D eigenvalue weighted by molar-refractivity contribution is -0.384. The number of carbonyl (C=O) groups is 1. The van der Waals surface area contributed by atoms with Crippen molar-refractivity contribution < 1.29 is 9.72 Å². The van der Waals surface area contributed by atoms with E-state index in [9.17, 15) is 14.9 Å². The van der Waals surface area contributed by atoms with Gasteiger partial charge in [-0.15, -0.1) is 0 Å². The summed E-state index contributed by atoms with van der Waals surface area (Å²) in [6, 6.07) is 11.6. The molecule has 5 nitrogen and oxygen atoms in total. The van der Waals surface area contributed by atoms with Crippen LogP contribution in [0.4, 0.5) is 5.69 Å². The van der Waals surface area contributed by atoms with Gasteiger partial charge in [0.1, 0.15) is 0 Å². The van der Waals surface area contributed by atoms with Crippen LogP contribution in [0, 0.1) is 10.1 Å². The molecule has 0 saturated heterocycles. The summed E-state index contributed by atoms with van der Waals surface area (Å²) < 4.78 is 0. The second-order valence-electron chi connectivity index (χ2n) is 5.21. The van der Waals surface area contributed by atoms with Crippen LogP contribution in [-0.2, 0) is 6.42 Å². The number of rotatable bonds is 5. The Morgan fingerprint density at radius 3 is 2.43 bits per heavy atom. The summed E-state index contributed by atoms with van der Waals surface area (Å²) in [4.78, 5) is 22.4. The highest BCUT2D eigenvalue weighted by molar-refractivity contribution is 6.34. The minimum Gasteiger partial charge on any atom is -0.345 e. The van der Waals surface area contributed by atoms with Crippen LogP contribution in [0.1, 0.15) is 41.4 Å². The van der Waals surface area contributed by atoms with Crippen LogP contribution in [0.15, 0.2) is 42.5 Å². The van der Waals surface area contributed by atoms with Crippen LogP contribution >= 0.6 is 11.6 Å². The summed E-state index contributed by atoms with van der Waals surface area (Å²) in [6.07, 6.45) is 0.958. The Morgan fingerprint density at radius 2 is 1.91 bits per heavy atom. The molecule has 2 aromatic rings. The molecule has 0 bridgehead atoms. The van der Waals surface area contributed by atoms with E-state index in [0.717, 1.165) is 12.0 Å². The van der Waals surface area contributed by atoms with Crippen molar-refractivity contribution in [3.8, 4) is 0 Å². The van der Waals surface area contributed by atoms with Gasteiger partial charge in [-0.2, -0.15) is 0 Å². The van der Waals surface area contributed by atoms with Gasteiger partial charge >= 0.3 is 0 Å². The third-order valence-electron chi connectivity index (χ3n) is 3.64. The maximum absolute atomic E-state index is 12.3. The lowest BCUT2D eigenvalue weighted by Crippen LogP contribution is -2.26. The Bertz CT molecular complexity index is 729. The third kappa shape index (κ3) is 4.07. The zero-order valence-electron chi connectivity index (χ0n) is 12.9. The van der Waals surface area contributed by atoms with E-state index in [1.807, 2.05) is 31.2 Å². The normalized spacial score (nSPS) is 11.8. The predicted molar refractivity (Wildman–Crippen MR) is 89.8 cm³/mol. The second kappa shape index (κ2) is 7.24. The van der Waals surface area contributed by atoms with E-state index in [-0.39, 0.29) is 28.2 Å². The summed E-state index contributed by atoms with van der Waals surface area (Å²) >= 11 is 5.97. The number of benzene rings is 2. The number of hydrogen-bond donors (Lipinski definition) is 1. The number of carbonyl (C=O) groups excluding carboxylic acids is 1. The number of hydrogen-bond acceptors (Lipinski definition) is 3. The highest BCUT2D eigenvalue weighted by Crippen LogP contribution is 2.23. The third-order valence-corrected chi connectivity index (χ3v) is 3.96. The molecule has 2 aromatic carbocycles. The van der Waals surface area contributed by atoms with E-state index in [4.69, 9.17) is 11.6 Å². The maximum atomic E-state index is 12.3. The summed E-state index contributed by atoms with van der Waals surface area (Å²) in [5, 5.41) is 13.6. The Hall–Kier alpha value is -2.40. The fraction of sp³-hybridized carbons (Fsp3) is 0.235. The number of non-ortho nitro benzene ring substituents is 1. The Morgan fingerprint density at radius 1 is 1.26 bits per heavy atom. The van der Waals surface area contributed by atoms with Gasteiger partial charge in [0.15, 0.2) is 0 Å². The van der Waals surface area contributed by atoms with Gasteiger partial charge in [-0.05, 0) is 30.5 Å². The molecule has 0 heterocycles. The minimum absolute atomic E-state index is 0.0604. The Labute approximate surface area is 139 Å². The van der Waals surface area contributed by atoms with Crippen molar-refractivity contribution in [2.75, 3.05) is 0 Å². The number of nitrogens with one attached hydrogen (secondary N) is 1. The van der Waals surface area contributed by atoms with Crippen molar-refractivity contribution in [2.45, 2.75) is 26.3 Å². The van der Waals surface area contributed by atoms with Gasteiger partial charge < -0.3 is 5.32 Å². The molecule has 0 saturated carbocycles. The highest BCUT2D eigenvalue weighted by atomic mass is 35.5. The highest BCUT2D eigenvalue weighted by Gasteiger charge is 2.17. The first kappa shape index (κ1) is 17.0. The van der Waals surface area contributed by atoms with Crippen molar-refractivity contribution in [2.24, 2.45) is 0 Å². The van der Waals surface area contributed by atoms with Crippen LogP contribution in [0.25, 0.3) is 0 Å². The SMILES string of the molecule is CCc1ccc([C@@H](C)NC(=O)c2ccc([N+](=O)[O-])cc2Cl)cc1. The quantitative estimate of drug-likeness (QED) is 0.655.